The number of carboxylic acid groups (broad SMARTS) is 1. The van der Waals surface area contributed by atoms with Gasteiger partial charge in [0.1, 0.15) is 0 Å². The number of hydrogen-bond donors (Lipinski definition) is 1. The number of rotatable bonds is 5. The third-order valence-electron chi connectivity index (χ3n) is 4.29. The number of likely N-dealkylation sites (N-methyl/N-ethyl adjacent to an activating group) is 1. The summed E-state index contributed by atoms with van der Waals surface area (Å²) in [5.41, 5.74) is 2.68. The van der Waals surface area contributed by atoms with Gasteiger partial charge in [-0.25, -0.2) is 0 Å². The van der Waals surface area contributed by atoms with Crippen molar-refractivity contribution < 1.29 is 9.90 Å². The highest BCUT2D eigenvalue weighted by molar-refractivity contribution is 7.99. The highest BCUT2D eigenvalue weighted by Gasteiger charge is 2.31. The summed E-state index contributed by atoms with van der Waals surface area (Å²) in [4.78, 5) is 14.2. The molecule has 2 aromatic carbocycles. The molecule has 4 heteroatoms. The topological polar surface area (TPSA) is 40.5 Å². The van der Waals surface area contributed by atoms with Crippen LogP contribution in [0, 0.1) is 5.92 Å². The van der Waals surface area contributed by atoms with Crippen molar-refractivity contribution in [1.82, 2.24) is 4.90 Å². The number of aliphatic carboxylic acids is 1. The predicted molar refractivity (Wildman–Crippen MR) is 94.1 cm³/mol. The molecule has 1 aliphatic rings. The van der Waals surface area contributed by atoms with Crippen LogP contribution >= 0.6 is 11.8 Å². The van der Waals surface area contributed by atoms with Gasteiger partial charge in [-0.1, -0.05) is 48.5 Å². The van der Waals surface area contributed by atoms with Crippen molar-refractivity contribution in [2.75, 3.05) is 25.9 Å². The Kier molecular flexibility index (Phi) is 5.03. The molecule has 0 aliphatic carbocycles. The molecule has 2 aromatic rings. The maximum atomic E-state index is 11.0. The molecule has 1 N–H and O–H groups in total. The van der Waals surface area contributed by atoms with E-state index in [1.54, 1.807) is 0 Å². The van der Waals surface area contributed by atoms with Gasteiger partial charge in [-0.3, -0.25) is 9.69 Å². The quantitative estimate of drug-likeness (QED) is 0.912. The SMILES string of the molecule is CN(CC(=O)O)C[C@@H]1CSc2ccccc2[C@@H]1c1ccccc1. The molecule has 3 nitrogen and oxygen atoms in total. The van der Waals surface area contributed by atoms with E-state index >= 15 is 0 Å². The van der Waals surface area contributed by atoms with Crippen LogP contribution in [0.2, 0.25) is 0 Å². The lowest BCUT2D eigenvalue weighted by molar-refractivity contribution is -0.138. The molecule has 0 saturated carbocycles. The molecule has 0 spiro atoms. The molecule has 0 bridgehead atoms. The first-order valence-corrected chi connectivity index (χ1v) is 8.80. The summed E-state index contributed by atoms with van der Waals surface area (Å²) in [5.74, 6) is 0.972. The van der Waals surface area contributed by atoms with Gasteiger partial charge in [0.05, 0.1) is 6.54 Å². The number of carbonyl (C=O) groups is 1. The maximum absolute atomic E-state index is 11.0. The third kappa shape index (κ3) is 3.77. The van der Waals surface area contributed by atoms with Gasteiger partial charge in [0.15, 0.2) is 0 Å². The van der Waals surface area contributed by atoms with Gasteiger partial charge in [-0.2, -0.15) is 0 Å². The van der Waals surface area contributed by atoms with Gasteiger partial charge in [0.25, 0.3) is 0 Å². The largest absolute Gasteiger partial charge is 0.480 e. The Labute approximate surface area is 141 Å². The van der Waals surface area contributed by atoms with Crippen molar-refractivity contribution in [3.8, 4) is 0 Å². The Morgan fingerprint density at radius 1 is 1.17 bits per heavy atom. The molecule has 2 atom stereocenters. The second-order valence-electron chi connectivity index (χ2n) is 6.09. The zero-order valence-corrected chi connectivity index (χ0v) is 14.0. The van der Waals surface area contributed by atoms with Crippen molar-refractivity contribution in [1.29, 1.82) is 0 Å². The zero-order chi connectivity index (χ0) is 16.2. The van der Waals surface area contributed by atoms with E-state index in [9.17, 15) is 4.79 Å². The van der Waals surface area contributed by atoms with Gasteiger partial charge in [-0.05, 0) is 30.2 Å². The van der Waals surface area contributed by atoms with Crippen molar-refractivity contribution >= 4 is 17.7 Å². The summed E-state index contributed by atoms with van der Waals surface area (Å²) >= 11 is 1.88. The van der Waals surface area contributed by atoms with Crippen LogP contribution in [0.25, 0.3) is 0 Å². The molecule has 0 unspecified atom stereocenters. The first-order chi connectivity index (χ1) is 11.1. The van der Waals surface area contributed by atoms with Gasteiger partial charge in [0.2, 0.25) is 0 Å². The number of benzene rings is 2. The van der Waals surface area contributed by atoms with Gasteiger partial charge >= 0.3 is 5.97 Å². The second-order valence-corrected chi connectivity index (χ2v) is 7.15. The first kappa shape index (κ1) is 16.1. The number of nitrogens with zero attached hydrogens (tertiary/aromatic N) is 1. The number of fused-ring (bicyclic) bond motifs is 1. The van der Waals surface area contributed by atoms with Crippen molar-refractivity contribution in [3.05, 3.63) is 65.7 Å². The Balaban J connectivity index is 1.91. The van der Waals surface area contributed by atoms with E-state index in [-0.39, 0.29) is 6.54 Å². The van der Waals surface area contributed by atoms with Gasteiger partial charge in [-0.15, -0.1) is 11.8 Å². The minimum atomic E-state index is -0.771. The minimum Gasteiger partial charge on any atom is -0.480 e. The molecule has 3 rings (SSSR count). The fraction of sp³-hybridized carbons (Fsp3) is 0.316. The van der Waals surface area contributed by atoms with Crippen molar-refractivity contribution in [2.24, 2.45) is 5.92 Å². The lowest BCUT2D eigenvalue weighted by atomic mass is 9.81. The van der Waals surface area contributed by atoms with E-state index < -0.39 is 5.97 Å². The normalized spacial score (nSPS) is 20.3. The summed E-state index contributed by atoms with van der Waals surface area (Å²) in [6.07, 6.45) is 0. The molecule has 120 valence electrons. The van der Waals surface area contributed by atoms with E-state index in [0.717, 1.165) is 12.3 Å². The molecule has 0 radical (unpaired) electrons. The molecule has 1 heterocycles. The molecule has 0 fully saturated rings. The summed E-state index contributed by atoms with van der Waals surface area (Å²) in [6.45, 7) is 0.873. The van der Waals surface area contributed by atoms with E-state index in [1.807, 2.05) is 29.8 Å². The van der Waals surface area contributed by atoms with Crippen LogP contribution in [-0.4, -0.2) is 41.9 Å². The summed E-state index contributed by atoms with van der Waals surface area (Å²) in [5, 5.41) is 9.01. The Morgan fingerprint density at radius 2 is 1.87 bits per heavy atom. The standard InChI is InChI=1S/C19H21NO2S/c1-20(12-18(21)22)11-15-13-23-17-10-6-5-9-16(17)19(15)14-7-3-2-4-8-14/h2-10,15,19H,11-13H2,1H3,(H,21,22)/t15-,19-/m1/s1. The molecule has 0 amide bonds. The van der Waals surface area contributed by atoms with Crippen LogP contribution in [-0.2, 0) is 4.79 Å². The van der Waals surface area contributed by atoms with Crippen molar-refractivity contribution in [3.63, 3.8) is 0 Å². The fourth-order valence-electron chi connectivity index (χ4n) is 3.38. The highest BCUT2D eigenvalue weighted by Crippen LogP contribution is 2.44. The van der Waals surface area contributed by atoms with Crippen LogP contribution < -0.4 is 0 Å². The average molecular weight is 327 g/mol. The van der Waals surface area contributed by atoms with Crippen LogP contribution in [0.4, 0.5) is 0 Å². The molecule has 1 aliphatic heterocycles. The second kappa shape index (κ2) is 7.20. The third-order valence-corrected chi connectivity index (χ3v) is 5.57. The van der Waals surface area contributed by atoms with Crippen LogP contribution in [0.1, 0.15) is 17.0 Å². The Hall–Kier alpha value is -1.78. The van der Waals surface area contributed by atoms with E-state index in [2.05, 4.69) is 48.5 Å². The minimum absolute atomic E-state index is 0.0876. The van der Waals surface area contributed by atoms with E-state index in [4.69, 9.17) is 5.11 Å². The Bertz CT molecular complexity index is 674. The predicted octanol–water partition coefficient (Wildman–Crippen LogP) is 3.56. The van der Waals surface area contributed by atoms with Gasteiger partial charge < -0.3 is 5.11 Å². The smallest absolute Gasteiger partial charge is 0.317 e. The zero-order valence-electron chi connectivity index (χ0n) is 13.2. The van der Waals surface area contributed by atoms with E-state index in [1.165, 1.54) is 16.0 Å². The number of carboxylic acids is 1. The summed E-state index contributed by atoms with van der Waals surface area (Å²) < 4.78 is 0. The number of hydrogen-bond acceptors (Lipinski definition) is 3. The molecule has 0 aromatic heterocycles. The Morgan fingerprint density at radius 3 is 2.61 bits per heavy atom. The van der Waals surface area contributed by atoms with Crippen LogP contribution in [0.15, 0.2) is 59.5 Å². The summed E-state index contributed by atoms with van der Waals surface area (Å²) in [7, 11) is 1.89. The maximum Gasteiger partial charge on any atom is 0.317 e. The van der Waals surface area contributed by atoms with Crippen LogP contribution in [0.3, 0.4) is 0 Å². The van der Waals surface area contributed by atoms with Gasteiger partial charge in [0, 0.05) is 23.1 Å². The first-order valence-electron chi connectivity index (χ1n) is 7.82. The fourth-order valence-corrected chi connectivity index (χ4v) is 4.61. The summed E-state index contributed by atoms with van der Waals surface area (Å²) in [6, 6.07) is 19.1. The highest BCUT2D eigenvalue weighted by atomic mass is 32.2. The molecular weight excluding hydrogens is 306 g/mol. The lowest BCUT2D eigenvalue weighted by Crippen LogP contribution is -2.35. The van der Waals surface area contributed by atoms with Crippen molar-refractivity contribution in [2.45, 2.75) is 10.8 Å². The molecule has 0 saturated heterocycles. The molecular formula is C19H21NO2S. The van der Waals surface area contributed by atoms with Crippen LogP contribution in [0.5, 0.6) is 0 Å². The molecule has 23 heavy (non-hydrogen) atoms. The number of thioether (sulfide) groups is 1. The van der Waals surface area contributed by atoms with E-state index in [0.29, 0.717) is 11.8 Å². The average Bonchev–Trinajstić information content (AvgIpc) is 2.54. The lowest BCUT2D eigenvalue weighted by Gasteiger charge is -2.35. The monoisotopic (exact) mass is 327 g/mol.